The third-order valence-electron chi connectivity index (χ3n) is 3.08. The van der Waals surface area contributed by atoms with Crippen LogP contribution in [0.1, 0.15) is 16.1 Å². The molecule has 1 amide bonds. The van der Waals surface area contributed by atoms with Crippen molar-refractivity contribution >= 4 is 34.1 Å². The Hall–Kier alpha value is -2.53. The van der Waals surface area contributed by atoms with Gasteiger partial charge in [0.05, 0.1) is 11.2 Å². The smallest absolute Gasteiger partial charge is 0.276 e. The van der Waals surface area contributed by atoms with Crippen LogP contribution in [0.25, 0.3) is 10.9 Å². The first-order valence-electron chi connectivity index (χ1n) is 6.30. The molecule has 0 aliphatic heterocycles. The largest absolute Gasteiger partial charge is 0.320 e. The number of fused-ring (bicyclic) bond motifs is 1. The maximum Gasteiger partial charge on any atom is 0.276 e. The number of carbonyl (C=O) groups is 1. The summed E-state index contributed by atoms with van der Waals surface area (Å²) >= 11 is 5.66. The van der Waals surface area contributed by atoms with Gasteiger partial charge in [0.2, 0.25) is 0 Å². The minimum absolute atomic E-state index is 0.206. The highest BCUT2D eigenvalue weighted by Gasteiger charge is 2.11. The molecule has 2 heterocycles. The van der Waals surface area contributed by atoms with E-state index in [4.69, 9.17) is 11.6 Å². The molecule has 0 saturated heterocycles. The number of nitrogens with one attached hydrogen (secondary N) is 1. The quantitative estimate of drug-likeness (QED) is 0.788. The van der Waals surface area contributed by atoms with Gasteiger partial charge in [0.25, 0.3) is 5.91 Å². The van der Waals surface area contributed by atoms with Crippen LogP contribution < -0.4 is 5.32 Å². The molecule has 1 N–H and O–H groups in total. The molecule has 0 atom stereocenters. The lowest BCUT2D eigenvalue weighted by Gasteiger charge is -2.09. The molecule has 6 heteroatoms. The van der Waals surface area contributed by atoms with E-state index < -0.39 is 0 Å². The van der Waals surface area contributed by atoms with Gasteiger partial charge in [0.1, 0.15) is 0 Å². The van der Waals surface area contributed by atoms with Crippen LogP contribution in [0, 0.1) is 6.92 Å². The van der Waals surface area contributed by atoms with Gasteiger partial charge < -0.3 is 5.32 Å². The van der Waals surface area contributed by atoms with Gasteiger partial charge in [0.15, 0.2) is 10.8 Å². The van der Waals surface area contributed by atoms with Gasteiger partial charge in [-0.15, -0.1) is 10.2 Å². The molecule has 5 nitrogen and oxygen atoms in total. The monoisotopic (exact) mass is 298 g/mol. The number of hydrogen-bond donors (Lipinski definition) is 1. The molecule has 0 aliphatic carbocycles. The normalized spacial score (nSPS) is 10.6. The third kappa shape index (κ3) is 2.68. The van der Waals surface area contributed by atoms with Gasteiger partial charge in [-0.25, -0.2) is 0 Å². The summed E-state index contributed by atoms with van der Waals surface area (Å²) in [6.07, 6.45) is 1.73. The van der Waals surface area contributed by atoms with Crippen LogP contribution in [0.2, 0.25) is 5.15 Å². The first-order valence-corrected chi connectivity index (χ1v) is 6.68. The number of carbonyl (C=O) groups excluding carboxylic acids is 1. The predicted molar refractivity (Wildman–Crippen MR) is 81.5 cm³/mol. The summed E-state index contributed by atoms with van der Waals surface area (Å²) < 4.78 is 0. The van der Waals surface area contributed by atoms with Crippen molar-refractivity contribution < 1.29 is 4.79 Å². The number of aromatic nitrogens is 3. The first-order chi connectivity index (χ1) is 10.1. The van der Waals surface area contributed by atoms with Crippen LogP contribution in [0.15, 0.2) is 42.6 Å². The zero-order valence-corrected chi connectivity index (χ0v) is 11.9. The first kappa shape index (κ1) is 13.5. The summed E-state index contributed by atoms with van der Waals surface area (Å²) in [4.78, 5) is 16.5. The minimum atomic E-state index is -0.340. The number of hydrogen-bond acceptors (Lipinski definition) is 4. The van der Waals surface area contributed by atoms with Gasteiger partial charge in [-0.2, -0.15) is 0 Å². The van der Waals surface area contributed by atoms with Crippen molar-refractivity contribution in [1.82, 2.24) is 15.2 Å². The molecular weight excluding hydrogens is 288 g/mol. The highest BCUT2D eigenvalue weighted by Crippen LogP contribution is 2.24. The highest BCUT2D eigenvalue weighted by molar-refractivity contribution is 6.29. The summed E-state index contributed by atoms with van der Waals surface area (Å²) in [7, 11) is 0. The number of benzene rings is 1. The molecule has 0 bridgehead atoms. The molecule has 3 rings (SSSR count). The summed E-state index contributed by atoms with van der Waals surface area (Å²) in [6.45, 7) is 1.98. The summed E-state index contributed by atoms with van der Waals surface area (Å²) in [5, 5.41) is 11.4. The van der Waals surface area contributed by atoms with Crippen molar-refractivity contribution in [2.24, 2.45) is 0 Å². The van der Waals surface area contributed by atoms with Gasteiger partial charge in [0, 0.05) is 11.6 Å². The van der Waals surface area contributed by atoms with E-state index in [1.165, 1.54) is 12.1 Å². The van der Waals surface area contributed by atoms with E-state index in [1.807, 2.05) is 31.2 Å². The predicted octanol–water partition coefficient (Wildman–Crippen LogP) is 3.24. The van der Waals surface area contributed by atoms with E-state index in [1.54, 1.807) is 6.20 Å². The topological polar surface area (TPSA) is 67.8 Å². The van der Waals surface area contributed by atoms with E-state index in [0.29, 0.717) is 5.69 Å². The number of aryl methyl sites for hydroxylation is 1. The Kier molecular flexibility index (Phi) is 3.50. The molecular formula is C15H11ClN4O. The average Bonchev–Trinajstić information content (AvgIpc) is 2.51. The molecule has 0 aliphatic rings. The molecule has 21 heavy (non-hydrogen) atoms. The molecule has 3 aromatic rings. The maximum atomic E-state index is 12.2. The SMILES string of the molecule is Cc1ccc(NC(=O)c2ccc(Cl)nn2)c2cccnc12. The Morgan fingerprint density at radius 2 is 2.00 bits per heavy atom. The van der Waals surface area contributed by atoms with Crippen LogP contribution in [0.3, 0.4) is 0 Å². The summed E-state index contributed by atoms with van der Waals surface area (Å²) in [6, 6.07) is 10.6. The number of rotatable bonds is 2. The lowest BCUT2D eigenvalue weighted by molar-refractivity contribution is 0.102. The van der Waals surface area contributed by atoms with Crippen LogP contribution in [-0.2, 0) is 0 Å². The molecule has 0 spiro atoms. The zero-order chi connectivity index (χ0) is 14.8. The van der Waals surface area contributed by atoms with Crippen molar-refractivity contribution in [3.63, 3.8) is 0 Å². The average molecular weight is 299 g/mol. The Morgan fingerprint density at radius 1 is 1.14 bits per heavy atom. The van der Waals surface area contributed by atoms with Crippen molar-refractivity contribution in [1.29, 1.82) is 0 Å². The molecule has 2 aromatic heterocycles. The van der Waals surface area contributed by atoms with E-state index >= 15 is 0 Å². The lowest BCUT2D eigenvalue weighted by Crippen LogP contribution is -2.14. The van der Waals surface area contributed by atoms with E-state index in [9.17, 15) is 4.79 Å². The fraction of sp³-hybridized carbons (Fsp3) is 0.0667. The van der Waals surface area contributed by atoms with Gasteiger partial charge in [-0.1, -0.05) is 17.7 Å². The fourth-order valence-corrected chi connectivity index (χ4v) is 2.15. The molecule has 104 valence electrons. The number of anilines is 1. The standard InChI is InChI=1S/C15H11ClN4O/c1-9-4-5-11(10-3-2-8-17-14(9)10)18-15(21)12-6-7-13(16)20-19-12/h2-8H,1H3,(H,18,21). The van der Waals surface area contributed by atoms with Crippen molar-refractivity contribution in [3.8, 4) is 0 Å². The minimum Gasteiger partial charge on any atom is -0.320 e. The van der Waals surface area contributed by atoms with Crippen molar-refractivity contribution in [3.05, 3.63) is 59.0 Å². The van der Waals surface area contributed by atoms with E-state index in [0.717, 1.165) is 16.5 Å². The molecule has 0 fully saturated rings. The Morgan fingerprint density at radius 3 is 2.76 bits per heavy atom. The zero-order valence-electron chi connectivity index (χ0n) is 11.2. The maximum absolute atomic E-state index is 12.2. The van der Waals surface area contributed by atoms with Gasteiger partial charge in [-0.3, -0.25) is 9.78 Å². The molecule has 1 aromatic carbocycles. The second-order valence-corrected chi connectivity index (χ2v) is 4.91. The van der Waals surface area contributed by atoms with E-state index in [2.05, 4.69) is 20.5 Å². The summed E-state index contributed by atoms with van der Waals surface area (Å²) in [5.41, 5.74) is 2.80. The fourth-order valence-electron chi connectivity index (χ4n) is 2.05. The molecule has 0 unspecified atom stereocenters. The number of nitrogens with zero attached hydrogens (tertiary/aromatic N) is 3. The van der Waals surface area contributed by atoms with E-state index in [-0.39, 0.29) is 16.8 Å². The summed E-state index contributed by atoms with van der Waals surface area (Å²) in [5.74, 6) is -0.340. The third-order valence-corrected chi connectivity index (χ3v) is 3.29. The number of pyridine rings is 1. The van der Waals surface area contributed by atoms with Crippen molar-refractivity contribution in [2.75, 3.05) is 5.32 Å². The Labute approximate surface area is 126 Å². The van der Waals surface area contributed by atoms with Crippen LogP contribution in [-0.4, -0.2) is 21.1 Å². The number of halogens is 1. The van der Waals surface area contributed by atoms with Crippen molar-refractivity contribution in [2.45, 2.75) is 6.92 Å². The molecule has 0 saturated carbocycles. The van der Waals surface area contributed by atoms with Crippen LogP contribution in [0.4, 0.5) is 5.69 Å². The van der Waals surface area contributed by atoms with Gasteiger partial charge >= 0.3 is 0 Å². The highest BCUT2D eigenvalue weighted by atomic mass is 35.5. The molecule has 0 radical (unpaired) electrons. The number of amides is 1. The Balaban J connectivity index is 1.97. The second-order valence-electron chi connectivity index (χ2n) is 4.53. The lowest BCUT2D eigenvalue weighted by atomic mass is 10.1. The van der Waals surface area contributed by atoms with Crippen LogP contribution >= 0.6 is 11.6 Å². The van der Waals surface area contributed by atoms with Gasteiger partial charge in [-0.05, 0) is 42.8 Å². The van der Waals surface area contributed by atoms with Crippen LogP contribution in [0.5, 0.6) is 0 Å². The Bertz CT molecular complexity index is 818. The second kappa shape index (κ2) is 5.46.